The molecule has 0 atom stereocenters. The van der Waals surface area contributed by atoms with Gasteiger partial charge in [-0.25, -0.2) is 4.79 Å². The minimum Gasteiger partial charge on any atom is -0.462 e. The Morgan fingerprint density at radius 2 is 1.81 bits per heavy atom. The van der Waals surface area contributed by atoms with Crippen molar-refractivity contribution in [1.82, 2.24) is 0 Å². The van der Waals surface area contributed by atoms with E-state index < -0.39 is 0 Å². The topological polar surface area (TPSA) is 26.3 Å². The molecule has 0 amide bonds. The number of carbonyl (C=O) groups is 1. The summed E-state index contributed by atoms with van der Waals surface area (Å²) in [5, 5.41) is 0. The minimum absolute atomic E-state index is 0.232. The molecular weight excluding hydrogens is 360 g/mol. The summed E-state index contributed by atoms with van der Waals surface area (Å²) in [6.45, 7) is 13.9. The van der Waals surface area contributed by atoms with Gasteiger partial charge in [0.15, 0.2) is 0 Å². The Morgan fingerprint density at radius 1 is 1.12 bits per heavy atom. The van der Waals surface area contributed by atoms with Crippen molar-refractivity contribution in [1.29, 1.82) is 0 Å². The van der Waals surface area contributed by atoms with Gasteiger partial charge < -0.3 is 4.74 Å². The Balaban J connectivity index is 1.92. The van der Waals surface area contributed by atoms with E-state index in [-0.39, 0.29) is 16.8 Å². The van der Waals surface area contributed by atoms with Crippen LogP contribution in [0.3, 0.4) is 0 Å². The van der Waals surface area contributed by atoms with Gasteiger partial charge in [-0.3, -0.25) is 0 Å². The van der Waals surface area contributed by atoms with Crippen molar-refractivity contribution in [2.24, 2.45) is 0 Å². The van der Waals surface area contributed by atoms with E-state index in [1.807, 2.05) is 30.4 Å². The van der Waals surface area contributed by atoms with Crippen molar-refractivity contribution in [3.8, 4) is 0 Å². The molecule has 0 unspecified atom stereocenters. The molecule has 2 nitrogen and oxygen atoms in total. The van der Waals surface area contributed by atoms with Crippen molar-refractivity contribution >= 4 is 40.3 Å². The zero-order valence-corrected chi connectivity index (χ0v) is 18.2. The van der Waals surface area contributed by atoms with Gasteiger partial charge in [0, 0.05) is 14.6 Å². The standard InChI is InChI=1S/C22H28O2S2/c1-7-24-20(23)17-9-8-15(25-17)12-14(2)18-13-16-19(26-18)22(5,6)11-10-21(16,3)4/h8-9,12-13H,7,10-11H2,1-6H3/b14-12+. The molecule has 0 saturated heterocycles. The van der Waals surface area contributed by atoms with Crippen molar-refractivity contribution in [3.05, 3.63) is 43.3 Å². The summed E-state index contributed by atoms with van der Waals surface area (Å²) in [5.41, 5.74) is 3.28. The first-order valence-corrected chi connectivity index (χ1v) is 10.9. The molecule has 2 aromatic heterocycles. The summed E-state index contributed by atoms with van der Waals surface area (Å²) < 4.78 is 5.08. The Labute approximate surface area is 164 Å². The summed E-state index contributed by atoms with van der Waals surface area (Å²) in [5.74, 6) is -0.232. The molecule has 0 spiro atoms. The van der Waals surface area contributed by atoms with Crippen molar-refractivity contribution in [3.63, 3.8) is 0 Å². The number of fused-ring (bicyclic) bond motifs is 1. The highest BCUT2D eigenvalue weighted by molar-refractivity contribution is 7.15. The summed E-state index contributed by atoms with van der Waals surface area (Å²) in [6.07, 6.45) is 4.66. The van der Waals surface area contributed by atoms with E-state index in [9.17, 15) is 4.79 Å². The molecule has 0 saturated carbocycles. The van der Waals surface area contributed by atoms with Gasteiger partial charge in [-0.05, 0) is 72.9 Å². The quantitative estimate of drug-likeness (QED) is 0.533. The largest absolute Gasteiger partial charge is 0.462 e. The van der Waals surface area contributed by atoms with Gasteiger partial charge in [0.25, 0.3) is 0 Å². The van der Waals surface area contributed by atoms with Gasteiger partial charge in [-0.15, -0.1) is 22.7 Å². The Morgan fingerprint density at radius 3 is 2.46 bits per heavy atom. The smallest absolute Gasteiger partial charge is 0.348 e. The van der Waals surface area contributed by atoms with E-state index in [0.717, 1.165) is 4.88 Å². The molecule has 1 aliphatic carbocycles. The summed E-state index contributed by atoms with van der Waals surface area (Å²) in [7, 11) is 0. The predicted octanol–water partition coefficient (Wildman–Crippen LogP) is 6.90. The normalized spacial score (nSPS) is 18.5. The molecule has 4 heteroatoms. The number of hydrogen-bond donors (Lipinski definition) is 0. The molecule has 0 aliphatic heterocycles. The minimum atomic E-state index is -0.232. The number of rotatable bonds is 4. The van der Waals surface area contributed by atoms with Gasteiger partial charge in [-0.1, -0.05) is 27.7 Å². The van der Waals surface area contributed by atoms with Gasteiger partial charge >= 0.3 is 5.97 Å². The van der Waals surface area contributed by atoms with Crippen molar-refractivity contribution in [2.75, 3.05) is 6.61 Å². The summed E-state index contributed by atoms with van der Waals surface area (Å²) in [6, 6.07) is 6.25. The first kappa shape index (κ1) is 19.4. The predicted molar refractivity (Wildman–Crippen MR) is 113 cm³/mol. The van der Waals surface area contributed by atoms with Crippen LogP contribution in [0, 0.1) is 0 Å². The summed E-state index contributed by atoms with van der Waals surface area (Å²) >= 11 is 3.43. The van der Waals surface area contributed by atoms with Crippen molar-refractivity contribution < 1.29 is 9.53 Å². The molecule has 3 rings (SSSR count). The maximum Gasteiger partial charge on any atom is 0.348 e. The van der Waals surface area contributed by atoms with Gasteiger partial charge in [0.2, 0.25) is 0 Å². The lowest BCUT2D eigenvalue weighted by Crippen LogP contribution is -2.31. The van der Waals surface area contributed by atoms with Crippen LogP contribution in [0.1, 0.15) is 84.3 Å². The molecule has 2 heterocycles. The van der Waals surface area contributed by atoms with Gasteiger partial charge in [0.05, 0.1) is 6.61 Å². The van der Waals surface area contributed by atoms with Crippen LogP contribution < -0.4 is 0 Å². The molecule has 0 N–H and O–H groups in total. The highest BCUT2D eigenvalue weighted by Gasteiger charge is 2.38. The fraction of sp³-hybridized carbons (Fsp3) is 0.500. The Kier molecular flexibility index (Phi) is 5.19. The van der Waals surface area contributed by atoms with Crippen molar-refractivity contribution in [2.45, 2.75) is 65.2 Å². The van der Waals surface area contributed by atoms with Crippen LogP contribution in [0.15, 0.2) is 18.2 Å². The van der Waals surface area contributed by atoms with Crippen LogP contribution in [0.4, 0.5) is 0 Å². The molecule has 26 heavy (non-hydrogen) atoms. The third kappa shape index (κ3) is 3.67. The maximum absolute atomic E-state index is 11.9. The van der Waals surface area contributed by atoms with Crippen LogP contribution in [0.2, 0.25) is 0 Å². The molecule has 0 fully saturated rings. The maximum atomic E-state index is 11.9. The third-order valence-electron chi connectivity index (χ3n) is 5.30. The molecule has 0 bridgehead atoms. The number of esters is 1. The average Bonchev–Trinajstić information content (AvgIpc) is 3.20. The summed E-state index contributed by atoms with van der Waals surface area (Å²) in [4.78, 5) is 16.5. The number of carbonyl (C=O) groups excluding carboxylic acids is 1. The second kappa shape index (κ2) is 6.97. The lowest BCUT2D eigenvalue weighted by molar-refractivity contribution is 0.0532. The second-order valence-corrected chi connectivity index (χ2v) is 10.5. The molecule has 0 aromatic carbocycles. The molecule has 0 radical (unpaired) electrons. The van der Waals surface area contributed by atoms with Crippen LogP contribution in [-0.2, 0) is 15.6 Å². The fourth-order valence-electron chi connectivity index (χ4n) is 3.49. The van der Waals surface area contributed by atoms with E-state index in [1.54, 1.807) is 0 Å². The zero-order valence-electron chi connectivity index (χ0n) is 16.6. The van der Waals surface area contributed by atoms with Crippen LogP contribution in [0.5, 0.6) is 0 Å². The monoisotopic (exact) mass is 388 g/mol. The fourth-order valence-corrected chi connectivity index (χ4v) is 5.84. The first-order valence-electron chi connectivity index (χ1n) is 9.24. The molecule has 1 aliphatic rings. The van der Waals surface area contributed by atoms with Crippen LogP contribution in [0.25, 0.3) is 11.6 Å². The lowest BCUT2D eigenvalue weighted by atomic mass is 9.67. The number of allylic oxidation sites excluding steroid dienone is 1. The van der Waals surface area contributed by atoms with Crippen LogP contribution >= 0.6 is 22.7 Å². The zero-order chi connectivity index (χ0) is 19.1. The third-order valence-corrected chi connectivity index (χ3v) is 7.95. The van der Waals surface area contributed by atoms with Crippen LogP contribution in [-0.4, -0.2) is 12.6 Å². The number of thiophene rings is 2. The molecule has 140 valence electrons. The first-order chi connectivity index (χ1) is 12.1. The lowest BCUT2D eigenvalue weighted by Gasteiger charge is -2.39. The van der Waals surface area contributed by atoms with Gasteiger partial charge in [0.1, 0.15) is 4.88 Å². The second-order valence-electron chi connectivity index (χ2n) is 8.37. The average molecular weight is 389 g/mol. The Hall–Kier alpha value is -1.39. The highest BCUT2D eigenvalue weighted by atomic mass is 32.1. The SMILES string of the molecule is CCOC(=O)c1ccc(/C=C(\C)c2cc3c(s2)C(C)(C)CCC3(C)C)s1. The molecular formula is C22H28O2S2. The Bertz CT molecular complexity index is 816. The number of ether oxygens (including phenoxy) is 1. The van der Waals surface area contributed by atoms with E-state index in [4.69, 9.17) is 4.74 Å². The van der Waals surface area contributed by atoms with E-state index in [2.05, 4.69) is 46.8 Å². The highest BCUT2D eigenvalue weighted by Crippen LogP contribution is 2.50. The number of hydrogen-bond acceptors (Lipinski definition) is 4. The van der Waals surface area contributed by atoms with E-state index >= 15 is 0 Å². The molecule has 2 aromatic rings. The van der Waals surface area contributed by atoms with Gasteiger partial charge in [-0.2, -0.15) is 0 Å². The van der Waals surface area contributed by atoms with E-state index in [1.165, 1.54) is 45.1 Å². The van der Waals surface area contributed by atoms with E-state index in [0.29, 0.717) is 11.5 Å².